The molecule has 10 rings (SSSR count). The Morgan fingerprint density at radius 3 is 1.80 bits per heavy atom. The smallest absolute Gasteiger partial charge is 0.132 e. The number of para-hydroxylation sites is 4. The third-order valence-electron chi connectivity index (χ3n) is 9.87. The summed E-state index contributed by atoms with van der Waals surface area (Å²) in [4.78, 5) is 0. The van der Waals surface area contributed by atoms with Gasteiger partial charge in [0.2, 0.25) is 0 Å². The highest BCUT2D eigenvalue weighted by atomic mass is 16.5. The highest BCUT2D eigenvalue weighted by molar-refractivity contribution is 6.16. The Morgan fingerprint density at radius 1 is 0.422 bits per heavy atom. The second kappa shape index (κ2) is 9.07. The average Bonchev–Trinajstić information content (AvgIpc) is 3.60. The molecule has 8 aromatic rings. The maximum Gasteiger partial charge on any atom is 0.132 e. The Labute approximate surface area is 261 Å². The van der Waals surface area contributed by atoms with Crippen LogP contribution in [0.15, 0.2) is 164 Å². The SMILES string of the molecule is c1ccc(-c2ccccc2-n2c3ccccc3c3ccc4c(c32)-c2ccccc2C42c3ccccc3Oc3ccccc32)cc1. The van der Waals surface area contributed by atoms with E-state index in [1.165, 1.54) is 72.0 Å². The van der Waals surface area contributed by atoms with E-state index in [2.05, 4.69) is 168 Å². The Kier molecular flexibility index (Phi) is 4.95. The van der Waals surface area contributed by atoms with Crippen LogP contribution in [0.2, 0.25) is 0 Å². The van der Waals surface area contributed by atoms with Gasteiger partial charge in [0.15, 0.2) is 0 Å². The summed E-state index contributed by atoms with van der Waals surface area (Å²) in [5, 5.41) is 2.51. The number of rotatable bonds is 2. The third kappa shape index (κ3) is 3.13. The molecule has 0 radical (unpaired) electrons. The van der Waals surface area contributed by atoms with Crippen molar-refractivity contribution in [1.29, 1.82) is 0 Å². The number of ether oxygens (including phenoxy) is 1. The molecule has 1 aliphatic carbocycles. The van der Waals surface area contributed by atoms with Gasteiger partial charge in [-0.1, -0.05) is 140 Å². The van der Waals surface area contributed by atoms with Crippen molar-refractivity contribution in [1.82, 2.24) is 4.57 Å². The van der Waals surface area contributed by atoms with Crippen LogP contribution in [0.4, 0.5) is 0 Å². The molecule has 0 atom stereocenters. The van der Waals surface area contributed by atoms with E-state index in [1.54, 1.807) is 0 Å². The van der Waals surface area contributed by atoms with E-state index in [1.807, 2.05) is 0 Å². The van der Waals surface area contributed by atoms with Gasteiger partial charge in [0, 0.05) is 33.0 Å². The fraction of sp³-hybridized carbons (Fsp3) is 0.0233. The highest BCUT2D eigenvalue weighted by Crippen LogP contribution is 2.63. The lowest BCUT2D eigenvalue weighted by Crippen LogP contribution is -2.32. The number of aromatic nitrogens is 1. The molecule has 2 nitrogen and oxygen atoms in total. The third-order valence-corrected chi connectivity index (χ3v) is 9.87. The van der Waals surface area contributed by atoms with Crippen LogP contribution in [0.5, 0.6) is 11.5 Å². The second-order valence-corrected chi connectivity index (χ2v) is 12.0. The molecule has 7 aromatic carbocycles. The molecule has 1 spiro atoms. The first-order valence-electron chi connectivity index (χ1n) is 15.5. The summed E-state index contributed by atoms with van der Waals surface area (Å²) in [6, 6.07) is 59.3. The molecular formula is C43H27NO. The lowest BCUT2D eigenvalue weighted by Gasteiger charge is -2.39. The van der Waals surface area contributed by atoms with Gasteiger partial charge in [-0.25, -0.2) is 0 Å². The van der Waals surface area contributed by atoms with Gasteiger partial charge in [0.1, 0.15) is 11.5 Å². The van der Waals surface area contributed by atoms with Gasteiger partial charge >= 0.3 is 0 Å². The Bertz CT molecular complexity index is 2420. The molecule has 0 fully saturated rings. The van der Waals surface area contributed by atoms with Crippen molar-refractivity contribution >= 4 is 21.8 Å². The van der Waals surface area contributed by atoms with Gasteiger partial charge in [0.05, 0.1) is 22.1 Å². The van der Waals surface area contributed by atoms with E-state index in [0.29, 0.717) is 0 Å². The molecule has 2 aliphatic rings. The van der Waals surface area contributed by atoms with Crippen molar-refractivity contribution in [2.45, 2.75) is 5.41 Å². The van der Waals surface area contributed by atoms with Crippen molar-refractivity contribution in [2.24, 2.45) is 0 Å². The Balaban J connectivity index is 1.42. The van der Waals surface area contributed by atoms with Crippen molar-refractivity contribution in [3.05, 3.63) is 186 Å². The summed E-state index contributed by atoms with van der Waals surface area (Å²) in [5.41, 5.74) is 13.0. The van der Waals surface area contributed by atoms with Crippen molar-refractivity contribution in [3.8, 4) is 39.4 Å². The van der Waals surface area contributed by atoms with E-state index >= 15 is 0 Å². The first-order valence-corrected chi connectivity index (χ1v) is 15.5. The second-order valence-electron chi connectivity index (χ2n) is 12.0. The van der Waals surface area contributed by atoms with Gasteiger partial charge in [-0.2, -0.15) is 0 Å². The molecule has 0 N–H and O–H groups in total. The van der Waals surface area contributed by atoms with Crippen molar-refractivity contribution in [2.75, 3.05) is 0 Å². The summed E-state index contributed by atoms with van der Waals surface area (Å²) in [5.74, 6) is 1.82. The Morgan fingerprint density at radius 2 is 1.02 bits per heavy atom. The number of benzene rings is 7. The van der Waals surface area contributed by atoms with Gasteiger partial charge in [0.25, 0.3) is 0 Å². The molecular weight excluding hydrogens is 546 g/mol. The van der Waals surface area contributed by atoms with E-state index in [0.717, 1.165) is 11.5 Å². The largest absolute Gasteiger partial charge is 0.457 e. The number of hydrogen-bond acceptors (Lipinski definition) is 1. The molecule has 0 amide bonds. The lowest BCUT2D eigenvalue weighted by atomic mass is 9.66. The fourth-order valence-electron chi connectivity index (χ4n) is 8.17. The predicted octanol–water partition coefficient (Wildman–Crippen LogP) is 10.9. The zero-order valence-corrected chi connectivity index (χ0v) is 24.4. The summed E-state index contributed by atoms with van der Waals surface area (Å²) in [6.07, 6.45) is 0. The van der Waals surface area contributed by atoms with Gasteiger partial charge in [-0.3, -0.25) is 0 Å². The molecule has 45 heavy (non-hydrogen) atoms. The van der Waals surface area contributed by atoms with Crippen LogP contribution in [0.25, 0.3) is 49.7 Å². The summed E-state index contributed by atoms with van der Waals surface area (Å²) >= 11 is 0. The van der Waals surface area contributed by atoms with Crippen molar-refractivity contribution < 1.29 is 4.74 Å². The average molecular weight is 574 g/mol. The quantitative estimate of drug-likeness (QED) is 0.201. The van der Waals surface area contributed by atoms with Crippen LogP contribution >= 0.6 is 0 Å². The van der Waals surface area contributed by atoms with Crippen LogP contribution in [0.3, 0.4) is 0 Å². The standard InChI is InChI=1S/C43H27NO/c1-2-14-28(15-3-1)29-16-5-10-22-37(29)44-38-23-11-6-17-30(38)31-26-27-36-41(42(31)44)32-18-4-7-19-33(32)43(36)34-20-8-12-24-39(34)45-40-25-13-9-21-35(40)43/h1-27H. The minimum absolute atomic E-state index is 0.508. The maximum absolute atomic E-state index is 6.58. The predicted molar refractivity (Wildman–Crippen MR) is 184 cm³/mol. The first-order chi connectivity index (χ1) is 22.4. The van der Waals surface area contributed by atoms with Gasteiger partial charge in [-0.15, -0.1) is 0 Å². The molecule has 2 heterocycles. The van der Waals surface area contributed by atoms with Crippen LogP contribution in [-0.4, -0.2) is 4.57 Å². The lowest BCUT2D eigenvalue weighted by molar-refractivity contribution is 0.436. The summed E-state index contributed by atoms with van der Waals surface area (Å²) in [6.45, 7) is 0. The van der Waals surface area contributed by atoms with Gasteiger partial charge in [-0.05, 0) is 46.5 Å². The fourth-order valence-corrected chi connectivity index (χ4v) is 8.17. The molecule has 1 aromatic heterocycles. The molecule has 0 saturated heterocycles. The number of hydrogen-bond donors (Lipinski definition) is 0. The molecule has 0 bridgehead atoms. The zero-order valence-electron chi connectivity index (χ0n) is 24.4. The zero-order chi connectivity index (χ0) is 29.5. The van der Waals surface area contributed by atoms with E-state index in [4.69, 9.17) is 4.74 Å². The van der Waals surface area contributed by atoms with Gasteiger partial charge < -0.3 is 9.30 Å². The van der Waals surface area contributed by atoms with Crippen LogP contribution in [-0.2, 0) is 5.41 Å². The van der Waals surface area contributed by atoms with Crippen LogP contribution in [0, 0.1) is 0 Å². The monoisotopic (exact) mass is 573 g/mol. The topological polar surface area (TPSA) is 14.2 Å². The number of fused-ring (bicyclic) bond motifs is 13. The number of nitrogens with zero attached hydrogens (tertiary/aromatic N) is 1. The van der Waals surface area contributed by atoms with Crippen molar-refractivity contribution in [3.63, 3.8) is 0 Å². The summed E-state index contributed by atoms with van der Waals surface area (Å²) < 4.78 is 9.09. The Hall–Kier alpha value is -5.86. The molecule has 0 saturated carbocycles. The minimum Gasteiger partial charge on any atom is -0.457 e. The van der Waals surface area contributed by atoms with E-state index in [9.17, 15) is 0 Å². The summed E-state index contributed by atoms with van der Waals surface area (Å²) in [7, 11) is 0. The van der Waals surface area contributed by atoms with Crippen LogP contribution < -0.4 is 4.74 Å². The first kappa shape index (κ1) is 24.6. The van der Waals surface area contributed by atoms with E-state index < -0.39 is 5.41 Å². The molecule has 0 unspecified atom stereocenters. The normalized spacial score (nSPS) is 13.7. The molecule has 2 heteroatoms. The maximum atomic E-state index is 6.58. The van der Waals surface area contributed by atoms with E-state index in [-0.39, 0.29) is 0 Å². The molecule has 1 aliphatic heterocycles. The minimum atomic E-state index is -0.508. The van der Waals surface area contributed by atoms with Crippen LogP contribution in [0.1, 0.15) is 22.3 Å². The highest BCUT2D eigenvalue weighted by Gasteiger charge is 2.51. The molecule has 210 valence electrons.